The summed E-state index contributed by atoms with van der Waals surface area (Å²) in [7, 11) is 0. The number of fused-ring (bicyclic) bond motifs is 4. The van der Waals surface area contributed by atoms with Gasteiger partial charge in [-0.15, -0.1) is 0 Å². The molecular weight excluding hydrogens is 296 g/mol. The number of hydrogen-bond acceptors (Lipinski definition) is 2. The monoisotopic (exact) mass is 328 g/mol. The molecule has 4 aliphatic rings. The Morgan fingerprint density at radius 1 is 1.04 bits per heavy atom. The third kappa shape index (κ3) is 2.01. The van der Waals surface area contributed by atoms with Gasteiger partial charge in [-0.05, 0) is 74.5 Å². The molecule has 6 atom stereocenters. The molecule has 2 saturated carbocycles. The fourth-order valence-electron chi connectivity index (χ4n) is 7.39. The van der Waals surface area contributed by atoms with Crippen LogP contribution in [0.1, 0.15) is 79.1 Å². The highest BCUT2D eigenvalue weighted by Crippen LogP contribution is 2.65. The van der Waals surface area contributed by atoms with E-state index in [-0.39, 0.29) is 22.7 Å². The van der Waals surface area contributed by atoms with Crippen LogP contribution in [0.4, 0.5) is 0 Å². The predicted octanol–water partition coefficient (Wildman–Crippen LogP) is 5.11. The van der Waals surface area contributed by atoms with E-state index in [4.69, 9.17) is 0 Å². The van der Waals surface area contributed by atoms with Crippen molar-refractivity contribution in [2.75, 3.05) is 0 Å². The largest absolute Gasteiger partial charge is 0.300 e. The van der Waals surface area contributed by atoms with Crippen LogP contribution in [-0.4, -0.2) is 11.6 Å². The van der Waals surface area contributed by atoms with Crippen LogP contribution in [-0.2, 0) is 9.59 Å². The summed E-state index contributed by atoms with van der Waals surface area (Å²) in [6, 6.07) is 0. The topological polar surface area (TPSA) is 34.1 Å². The number of allylic oxidation sites excluding steroid dienone is 2. The molecule has 0 radical (unpaired) electrons. The molecule has 2 heteroatoms. The van der Waals surface area contributed by atoms with Gasteiger partial charge in [0, 0.05) is 18.3 Å². The second kappa shape index (κ2) is 5.29. The molecule has 0 spiro atoms. The van der Waals surface area contributed by atoms with E-state index in [1.807, 2.05) is 0 Å². The molecule has 24 heavy (non-hydrogen) atoms. The summed E-state index contributed by atoms with van der Waals surface area (Å²) < 4.78 is 0. The van der Waals surface area contributed by atoms with Crippen LogP contribution in [0.25, 0.3) is 0 Å². The Morgan fingerprint density at radius 2 is 1.79 bits per heavy atom. The zero-order valence-corrected chi connectivity index (χ0v) is 15.8. The fourth-order valence-corrected chi connectivity index (χ4v) is 7.39. The van der Waals surface area contributed by atoms with Gasteiger partial charge in [-0.3, -0.25) is 9.59 Å². The van der Waals surface area contributed by atoms with Gasteiger partial charge in [0.05, 0.1) is 0 Å². The van der Waals surface area contributed by atoms with E-state index in [0.29, 0.717) is 23.4 Å². The van der Waals surface area contributed by atoms with Crippen LogP contribution in [0.15, 0.2) is 11.1 Å². The highest BCUT2D eigenvalue weighted by Gasteiger charge is 2.57. The number of carbonyl (C=O) groups excluding carboxylic acids is 2. The van der Waals surface area contributed by atoms with Crippen LogP contribution in [0.5, 0.6) is 0 Å². The predicted molar refractivity (Wildman–Crippen MR) is 95.5 cm³/mol. The van der Waals surface area contributed by atoms with Crippen molar-refractivity contribution in [2.24, 2.45) is 34.5 Å². The van der Waals surface area contributed by atoms with Crippen molar-refractivity contribution >= 4 is 11.6 Å². The highest BCUT2D eigenvalue weighted by atomic mass is 16.1. The summed E-state index contributed by atoms with van der Waals surface area (Å²) in [4.78, 5) is 24.4. The quantitative estimate of drug-likeness (QED) is 0.627. The number of Topliss-reactive ketones (excluding diaryl/α,β-unsaturated/α-hetero) is 2. The molecule has 0 aromatic carbocycles. The van der Waals surface area contributed by atoms with Crippen molar-refractivity contribution in [3.8, 4) is 0 Å². The number of hydrogen-bond donors (Lipinski definition) is 0. The smallest absolute Gasteiger partial charge is 0.136 e. The van der Waals surface area contributed by atoms with Gasteiger partial charge < -0.3 is 0 Å². The van der Waals surface area contributed by atoms with Crippen LogP contribution in [0.2, 0.25) is 0 Å². The molecule has 132 valence electrons. The maximum atomic E-state index is 12.2. The fraction of sp³-hybridized carbons (Fsp3) is 0.818. The summed E-state index contributed by atoms with van der Waals surface area (Å²) >= 11 is 0. The van der Waals surface area contributed by atoms with Crippen LogP contribution < -0.4 is 0 Å². The first-order valence-electron chi connectivity index (χ1n) is 10.0. The summed E-state index contributed by atoms with van der Waals surface area (Å²) in [6.45, 7) is 8.82. The van der Waals surface area contributed by atoms with E-state index >= 15 is 0 Å². The van der Waals surface area contributed by atoms with Gasteiger partial charge in [-0.25, -0.2) is 0 Å². The average molecular weight is 328 g/mol. The first-order valence-corrected chi connectivity index (χ1v) is 10.0. The Morgan fingerprint density at radius 3 is 2.50 bits per heavy atom. The van der Waals surface area contributed by atoms with Crippen molar-refractivity contribution in [3.63, 3.8) is 0 Å². The van der Waals surface area contributed by atoms with E-state index in [0.717, 1.165) is 19.3 Å². The molecule has 2 fully saturated rings. The van der Waals surface area contributed by atoms with Crippen molar-refractivity contribution < 1.29 is 9.59 Å². The Kier molecular flexibility index (Phi) is 3.64. The molecule has 2 unspecified atom stereocenters. The molecule has 0 N–H and O–H groups in total. The number of carbonyl (C=O) groups is 2. The lowest BCUT2D eigenvalue weighted by atomic mass is 9.49. The lowest BCUT2D eigenvalue weighted by Crippen LogP contribution is -2.48. The molecule has 2 nitrogen and oxygen atoms in total. The number of ketones is 2. The summed E-state index contributed by atoms with van der Waals surface area (Å²) in [5.74, 6) is 2.57. The van der Waals surface area contributed by atoms with Crippen molar-refractivity contribution in [1.82, 2.24) is 0 Å². The average Bonchev–Trinajstić information content (AvgIpc) is 2.89. The minimum Gasteiger partial charge on any atom is -0.300 e. The maximum Gasteiger partial charge on any atom is 0.136 e. The third-order valence-corrected chi connectivity index (χ3v) is 8.78. The zero-order valence-electron chi connectivity index (χ0n) is 15.8. The van der Waals surface area contributed by atoms with E-state index in [2.05, 4.69) is 20.8 Å². The Hall–Kier alpha value is -0.920. The minimum atomic E-state index is 0.198. The summed E-state index contributed by atoms with van der Waals surface area (Å²) in [5, 5.41) is 0. The zero-order chi connectivity index (χ0) is 17.3. The summed E-state index contributed by atoms with van der Waals surface area (Å²) in [6.07, 6.45) is 8.81. The van der Waals surface area contributed by atoms with Gasteiger partial charge in [0.2, 0.25) is 0 Å². The molecule has 4 rings (SSSR count). The number of rotatable bonds is 1. The van der Waals surface area contributed by atoms with Crippen molar-refractivity contribution in [3.05, 3.63) is 11.1 Å². The van der Waals surface area contributed by atoms with E-state index < -0.39 is 0 Å². The standard InChI is InChI=1S/C22H32O2/c1-13-16-6-5-15-18-8-7-17(14(2)23)22(18,4)11-9-19(15)21(16,3)12-10-20(13)24/h13,16-18H,5-12H2,1-4H3/t13-,16?,17+,18?,21-,22+/m0/s1. The van der Waals surface area contributed by atoms with Gasteiger partial charge >= 0.3 is 0 Å². The highest BCUT2D eigenvalue weighted by molar-refractivity contribution is 5.82. The molecule has 0 saturated heterocycles. The van der Waals surface area contributed by atoms with Gasteiger partial charge in [-0.2, -0.15) is 0 Å². The van der Waals surface area contributed by atoms with Crippen molar-refractivity contribution in [1.29, 1.82) is 0 Å². The lowest BCUT2D eigenvalue weighted by Gasteiger charge is -2.55. The maximum absolute atomic E-state index is 12.2. The van der Waals surface area contributed by atoms with E-state index in [1.54, 1.807) is 18.1 Å². The Bertz CT molecular complexity index is 630. The summed E-state index contributed by atoms with van der Waals surface area (Å²) in [5.41, 5.74) is 3.87. The SMILES string of the molecule is CC(=O)[C@H]1CCC2C3=C(CC[C@@]21C)[C@@]1(C)CCC(=O)[C@@H](C)C1CC3. The van der Waals surface area contributed by atoms with E-state index in [9.17, 15) is 9.59 Å². The molecule has 0 aliphatic heterocycles. The Labute approximate surface area is 146 Å². The molecule has 0 amide bonds. The minimum absolute atomic E-state index is 0.198. The van der Waals surface area contributed by atoms with Crippen LogP contribution in [0, 0.1) is 34.5 Å². The molecule has 0 aromatic heterocycles. The molecule has 0 bridgehead atoms. The van der Waals surface area contributed by atoms with Gasteiger partial charge in [0.15, 0.2) is 0 Å². The second-order valence-corrected chi connectivity index (χ2v) is 9.62. The first kappa shape index (κ1) is 16.5. The second-order valence-electron chi connectivity index (χ2n) is 9.62. The molecule has 0 aromatic rings. The third-order valence-electron chi connectivity index (χ3n) is 8.78. The molecule has 0 heterocycles. The lowest BCUT2D eigenvalue weighted by molar-refractivity contribution is -0.130. The van der Waals surface area contributed by atoms with Gasteiger partial charge in [-0.1, -0.05) is 31.9 Å². The molecular formula is C22H32O2. The van der Waals surface area contributed by atoms with Crippen molar-refractivity contribution in [2.45, 2.75) is 79.1 Å². The normalized spacial score (nSPS) is 47.9. The Balaban J connectivity index is 1.74. The van der Waals surface area contributed by atoms with Crippen LogP contribution in [0.3, 0.4) is 0 Å². The first-order chi connectivity index (χ1) is 11.3. The van der Waals surface area contributed by atoms with Gasteiger partial charge in [0.1, 0.15) is 11.6 Å². The van der Waals surface area contributed by atoms with E-state index in [1.165, 1.54) is 32.1 Å². The van der Waals surface area contributed by atoms with Crippen LogP contribution >= 0.6 is 0 Å². The molecule has 4 aliphatic carbocycles. The van der Waals surface area contributed by atoms with Gasteiger partial charge in [0.25, 0.3) is 0 Å².